The van der Waals surface area contributed by atoms with Gasteiger partial charge in [0.15, 0.2) is 0 Å². The molecular weight excluding hydrogens is 454 g/mol. The Kier molecular flexibility index (Phi) is 9.13. The molecule has 0 aliphatic heterocycles. The fourth-order valence-electron chi connectivity index (χ4n) is 4.50. The van der Waals surface area contributed by atoms with Gasteiger partial charge in [-0.05, 0) is 56.2 Å². The zero-order valence-electron chi connectivity index (χ0n) is 22.0. The number of rotatable bonds is 8. The van der Waals surface area contributed by atoms with E-state index in [1.54, 1.807) is 20.8 Å². The molecule has 3 atom stereocenters. The summed E-state index contributed by atoms with van der Waals surface area (Å²) in [7, 11) is 0. The minimum absolute atomic E-state index is 0.0836. The van der Waals surface area contributed by atoms with Crippen LogP contribution in [-0.4, -0.2) is 36.1 Å². The lowest BCUT2D eigenvalue weighted by atomic mass is 9.94. The van der Waals surface area contributed by atoms with Crippen molar-refractivity contribution in [1.29, 1.82) is 0 Å². The van der Waals surface area contributed by atoms with Crippen molar-refractivity contribution in [2.45, 2.75) is 77.5 Å². The van der Waals surface area contributed by atoms with Crippen LogP contribution in [0, 0.1) is 5.92 Å². The van der Waals surface area contributed by atoms with E-state index in [9.17, 15) is 14.4 Å². The number of benzene rings is 2. The molecule has 7 heteroatoms. The van der Waals surface area contributed by atoms with Crippen LogP contribution >= 0.6 is 0 Å². The Bertz CT molecular complexity index is 1030. The molecule has 3 N–H and O–H groups in total. The maximum Gasteiger partial charge on any atom is 0.408 e. The summed E-state index contributed by atoms with van der Waals surface area (Å²) in [5, 5.41) is 8.64. The largest absolute Gasteiger partial charge is 0.444 e. The third-order valence-corrected chi connectivity index (χ3v) is 6.35. The first kappa shape index (κ1) is 27.2. The fourth-order valence-corrected chi connectivity index (χ4v) is 4.50. The van der Waals surface area contributed by atoms with Gasteiger partial charge in [-0.3, -0.25) is 9.59 Å². The molecule has 2 aromatic carbocycles. The molecule has 36 heavy (non-hydrogen) atoms. The fraction of sp³-hybridized carbons (Fsp3) is 0.483. The smallest absolute Gasteiger partial charge is 0.408 e. The van der Waals surface area contributed by atoms with E-state index in [4.69, 9.17) is 4.74 Å². The highest BCUT2D eigenvalue weighted by molar-refractivity contribution is 5.85. The SMILES string of the molecule is CC(C)c1ccc([C@@H](NC(=O)[C@@H]2CCC[C@@H]2NC(=O)CNC(=O)OC(C)(C)C)c2ccccc2)cc1. The van der Waals surface area contributed by atoms with E-state index < -0.39 is 11.7 Å². The second kappa shape index (κ2) is 12.1. The monoisotopic (exact) mass is 493 g/mol. The Balaban J connectivity index is 1.66. The summed E-state index contributed by atoms with van der Waals surface area (Å²) in [6.45, 7) is 9.39. The normalized spacial score (nSPS) is 18.4. The Hall–Kier alpha value is -3.35. The Labute approximate surface area is 214 Å². The molecule has 0 aromatic heterocycles. The van der Waals surface area contributed by atoms with E-state index in [2.05, 4.69) is 54.1 Å². The number of hydrogen-bond donors (Lipinski definition) is 3. The van der Waals surface area contributed by atoms with Gasteiger partial charge in [0.25, 0.3) is 0 Å². The predicted octanol–water partition coefficient (Wildman–Crippen LogP) is 4.83. The van der Waals surface area contributed by atoms with Crippen molar-refractivity contribution < 1.29 is 19.1 Å². The van der Waals surface area contributed by atoms with Crippen molar-refractivity contribution in [2.24, 2.45) is 5.92 Å². The van der Waals surface area contributed by atoms with Crippen LogP contribution in [0.1, 0.15) is 82.5 Å². The lowest BCUT2D eigenvalue weighted by molar-refractivity contribution is -0.127. The number of amides is 3. The van der Waals surface area contributed by atoms with Crippen LogP contribution in [0.3, 0.4) is 0 Å². The van der Waals surface area contributed by atoms with E-state index in [0.29, 0.717) is 12.3 Å². The number of carbonyl (C=O) groups is 3. The lowest BCUT2D eigenvalue weighted by Crippen LogP contribution is -2.48. The highest BCUT2D eigenvalue weighted by atomic mass is 16.6. The van der Waals surface area contributed by atoms with Crippen LogP contribution in [0.5, 0.6) is 0 Å². The predicted molar refractivity (Wildman–Crippen MR) is 140 cm³/mol. The van der Waals surface area contributed by atoms with Crippen LogP contribution in [0.25, 0.3) is 0 Å². The minimum Gasteiger partial charge on any atom is -0.444 e. The molecular formula is C29H39N3O4. The van der Waals surface area contributed by atoms with Gasteiger partial charge in [-0.2, -0.15) is 0 Å². The minimum atomic E-state index is -0.646. The zero-order valence-corrected chi connectivity index (χ0v) is 22.0. The molecule has 1 aliphatic rings. The van der Waals surface area contributed by atoms with Crippen LogP contribution in [0.4, 0.5) is 4.79 Å². The van der Waals surface area contributed by atoms with Crippen molar-refractivity contribution in [1.82, 2.24) is 16.0 Å². The molecule has 1 fully saturated rings. The van der Waals surface area contributed by atoms with Gasteiger partial charge in [0.05, 0.1) is 12.0 Å². The van der Waals surface area contributed by atoms with Crippen molar-refractivity contribution in [3.05, 3.63) is 71.3 Å². The van der Waals surface area contributed by atoms with E-state index >= 15 is 0 Å². The van der Waals surface area contributed by atoms with Crippen molar-refractivity contribution >= 4 is 17.9 Å². The van der Waals surface area contributed by atoms with Crippen LogP contribution in [0.15, 0.2) is 54.6 Å². The van der Waals surface area contributed by atoms with Gasteiger partial charge in [-0.15, -0.1) is 0 Å². The maximum absolute atomic E-state index is 13.4. The van der Waals surface area contributed by atoms with E-state index in [0.717, 1.165) is 24.0 Å². The molecule has 1 saturated carbocycles. The molecule has 0 heterocycles. The van der Waals surface area contributed by atoms with Crippen molar-refractivity contribution in [3.63, 3.8) is 0 Å². The Morgan fingerprint density at radius 3 is 2.14 bits per heavy atom. The zero-order chi connectivity index (χ0) is 26.3. The topological polar surface area (TPSA) is 96.5 Å². The molecule has 3 amide bonds. The first-order valence-electron chi connectivity index (χ1n) is 12.7. The van der Waals surface area contributed by atoms with Gasteiger partial charge < -0.3 is 20.7 Å². The molecule has 7 nitrogen and oxygen atoms in total. The highest BCUT2D eigenvalue weighted by Crippen LogP contribution is 2.29. The van der Waals surface area contributed by atoms with E-state index in [1.807, 2.05) is 30.3 Å². The molecule has 0 radical (unpaired) electrons. The van der Waals surface area contributed by atoms with Crippen molar-refractivity contribution in [3.8, 4) is 0 Å². The third kappa shape index (κ3) is 7.83. The van der Waals surface area contributed by atoms with Gasteiger partial charge in [0.2, 0.25) is 11.8 Å². The number of carbonyl (C=O) groups excluding carboxylic acids is 3. The summed E-state index contributed by atoms with van der Waals surface area (Å²) in [4.78, 5) is 37.8. The average Bonchev–Trinajstić information content (AvgIpc) is 3.29. The quantitative estimate of drug-likeness (QED) is 0.491. The second-order valence-corrected chi connectivity index (χ2v) is 10.7. The number of alkyl carbamates (subject to hydrolysis) is 1. The summed E-state index contributed by atoms with van der Waals surface area (Å²) in [6.07, 6.45) is 1.62. The maximum atomic E-state index is 13.4. The molecule has 1 aliphatic carbocycles. The van der Waals surface area contributed by atoms with E-state index in [-0.39, 0.29) is 36.4 Å². The summed E-state index contributed by atoms with van der Waals surface area (Å²) < 4.78 is 5.17. The van der Waals surface area contributed by atoms with Crippen LogP contribution in [-0.2, 0) is 14.3 Å². The van der Waals surface area contributed by atoms with Crippen LogP contribution in [0.2, 0.25) is 0 Å². The lowest BCUT2D eigenvalue weighted by Gasteiger charge is -2.25. The Morgan fingerprint density at radius 2 is 1.53 bits per heavy atom. The average molecular weight is 494 g/mol. The number of nitrogens with one attached hydrogen (secondary N) is 3. The van der Waals surface area contributed by atoms with Gasteiger partial charge in [-0.25, -0.2) is 4.79 Å². The third-order valence-electron chi connectivity index (χ3n) is 6.35. The Morgan fingerprint density at radius 1 is 0.917 bits per heavy atom. The van der Waals surface area contributed by atoms with Crippen LogP contribution < -0.4 is 16.0 Å². The summed E-state index contributed by atoms with van der Waals surface area (Å²) in [5.74, 6) is -0.331. The van der Waals surface area contributed by atoms with Crippen molar-refractivity contribution in [2.75, 3.05) is 6.54 Å². The highest BCUT2D eigenvalue weighted by Gasteiger charge is 2.35. The molecule has 0 spiro atoms. The summed E-state index contributed by atoms with van der Waals surface area (Å²) in [6, 6.07) is 17.7. The summed E-state index contributed by atoms with van der Waals surface area (Å²) in [5.41, 5.74) is 2.62. The number of ether oxygens (including phenoxy) is 1. The van der Waals surface area contributed by atoms with Gasteiger partial charge in [0, 0.05) is 6.04 Å². The van der Waals surface area contributed by atoms with Gasteiger partial charge in [-0.1, -0.05) is 74.9 Å². The standard InChI is InChI=1S/C29H39N3O4/c1-19(2)20-14-16-22(17-15-20)26(21-10-7-6-8-11-21)32-27(34)23-12-9-13-24(23)31-25(33)18-30-28(35)36-29(3,4)5/h6-8,10-11,14-17,19,23-24,26H,9,12-13,18H2,1-5H3,(H,30,35)(H,31,33)(H,32,34)/t23-,24+,26+/m1/s1. The summed E-state index contributed by atoms with van der Waals surface area (Å²) >= 11 is 0. The molecule has 0 saturated heterocycles. The molecule has 0 bridgehead atoms. The molecule has 3 rings (SSSR count). The second-order valence-electron chi connectivity index (χ2n) is 10.7. The number of hydrogen-bond acceptors (Lipinski definition) is 4. The first-order chi connectivity index (χ1) is 17.0. The van der Waals surface area contributed by atoms with Gasteiger partial charge >= 0.3 is 6.09 Å². The molecule has 194 valence electrons. The van der Waals surface area contributed by atoms with Gasteiger partial charge in [0.1, 0.15) is 12.1 Å². The van der Waals surface area contributed by atoms with E-state index in [1.165, 1.54) is 5.56 Å². The molecule has 2 aromatic rings. The molecule has 0 unspecified atom stereocenters. The first-order valence-corrected chi connectivity index (χ1v) is 12.7.